The molecule has 0 N–H and O–H groups in total. The molecule has 1 nitrogen and oxygen atoms in total. The highest BCUT2D eigenvalue weighted by molar-refractivity contribution is 14.2. The van der Waals surface area contributed by atoms with Gasteiger partial charge in [0.25, 0.3) is 0 Å². The van der Waals surface area contributed by atoms with Gasteiger partial charge in [0.15, 0.2) is 5.78 Å². The van der Waals surface area contributed by atoms with Crippen molar-refractivity contribution in [3.8, 4) is 0 Å². The fourth-order valence-electron chi connectivity index (χ4n) is 1.66. The van der Waals surface area contributed by atoms with E-state index < -0.39 is 0 Å². The standard InChI is InChI=1S/C15H10I2O/c16-15(17)13(11-7-3-1-4-8-11)14(18)12-9-5-2-6-10-12/h1-10H. The lowest BCUT2D eigenvalue weighted by Crippen LogP contribution is -2.03. The molecule has 0 aliphatic heterocycles. The molecule has 0 aliphatic carbocycles. The van der Waals surface area contributed by atoms with Crippen LogP contribution in [0.4, 0.5) is 0 Å². The van der Waals surface area contributed by atoms with Gasteiger partial charge in [0, 0.05) is 11.1 Å². The Bertz CT molecular complexity index is 570. The Labute approximate surface area is 134 Å². The highest BCUT2D eigenvalue weighted by Crippen LogP contribution is 2.31. The van der Waals surface area contributed by atoms with E-state index >= 15 is 0 Å². The number of allylic oxidation sites excluding steroid dienone is 1. The molecule has 18 heavy (non-hydrogen) atoms. The second-order valence-corrected chi connectivity index (χ2v) is 7.92. The highest BCUT2D eigenvalue weighted by atomic mass is 127. The Kier molecular flexibility index (Phi) is 4.94. The summed E-state index contributed by atoms with van der Waals surface area (Å²) >= 11 is 4.39. The van der Waals surface area contributed by atoms with Gasteiger partial charge in [0.1, 0.15) is 0 Å². The zero-order valence-electron chi connectivity index (χ0n) is 9.44. The summed E-state index contributed by atoms with van der Waals surface area (Å²) in [6.07, 6.45) is 0. The summed E-state index contributed by atoms with van der Waals surface area (Å²) in [5.74, 6) is 0.0700. The fourth-order valence-corrected chi connectivity index (χ4v) is 2.78. The molecule has 90 valence electrons. The smallest absolute Gasteiger partial charge is 0.195 e. The zero-order chi connectivity index (χ0) is 13.0. The number of carbonyl (C=O) groups is 1. The van der Waals surface area contributed by atoms with Crippen molar-refractivity contribution in [3.05, 3.63) is 73.4 Å². The molecule has 0 aromatic heterocycles. The van der Waals surface area contributed by atoms with Gasteiger partial charge in [-0.25, -0.2) is 0 Å². The minimum atomic E-state index is 0.0700. The number of hydrogen-bond donors (Lipinski definition) is 0. The lowest BCUT2D eigenvalue weighted by molar-refractivity contribution is 0.105. The SMILES string of the molecule is O=C(C(=C(I)I)c1ccccc1)c1ccccc1. The van der Waals surface area contributed by atoms with Gasteiger partial charge >= 0.3 is 0 Å². The van der Waals surface area contributed by atoms with Crippen molar-refractivity contribution in [2.75, 3.05) is 0 Å². The van der Waals surface area contributed by atoms with Gasteiger partial charge in [-0.05, 0) is 50.7 Å². The molecule has 0 bridgehead atoms. The van der Waals surface area contributed by atoms with Gasteiger partial charge in [0.05, 0.1) is 1.59 Å². The first kappa shape index (κ1) is 13.7. The fraction of sp³-hybridized carbons (Fsp3) is 0. The number of ketones is 1. The van der Waals surface area contributed by atoms with Crippen molar-refractivity contribution in [1.82, 2.24) is 0 Å². The van der Waals surface area contributed by atoms with Gasteiger partial charge in [0.2, 0.25) is 0 Å². The van der Waals surface area contributed by atoms with E-state index in [0.29, 0.717) is 0 Å². The van der Waals surface area contributed by atoms with Crippen molar-refractivity contribution >= 4 is 56.5 Å². The first-order valence-corrected chi connectivity index (χ1v) is 7.56. The molecule has 2 aromatic rings. The van der Waals surface area contributed by atoms with Crippen molar-refractivity contribution in [3.63, 3.8) is 0 Å². The highest BCUT2D eigenvalue weighted by Gasteiger charge is 2.16. The predicted octanol–water partition coefficient (Wildman–Crippen LogP) is 5.11. The monoisotopic (exact) mass is 460 g/mol. The minimum absolute atomic E-state index is 0.0700. The molecule has 2 rings (SSSR count). The molecule has 0 fully saturated rings. The number of carbonyl (C=O) groups excluding carboxylic acids is 1. The van der Waals surface area contributed by atoms with E-state index in [1.165, 1.54) is 0 Å². The number of halogens is 2. The van der Waals surface area contributed by atoms with E-state index in [0.717, 1.165) is 18.3 Å². The summed E-state index contributed by atoms with van der Waals surface area (Å²) in [6, 6.07) is 19.2. The van der Waals surface area contributed by atoms with E-state index in [1.807, 2.05) is 60.7 Å². The predicted molar refractivity (Wildman–Crippen MR) is 92.2 cm³/mol. The number of hydrogen-bond acceptors (Lipinski definition) is 1. The maximum atomic E-state index is 12.5. The molecule has 0 saturated carbocycles. The molecular weight excluding hydrogens is 450 g/mol. The molecule has 0 aliphatic rings. The van der Waals surface area contributed by atoms with Crippen LogP contribution in [0.2, 0.25) is 0 Å². The van der Waals surface area contributed by atoms with Crippen LogP contribution in [0.1, 0.15) is 15.9 Å². The molecule has 0 radical (unpaired) electrons. The quantitative estimate of drug-likeness (QED) is 0.354. The van der Waals surface area contributed by atoms with Crippen molar-refractivity contribution in [2.45, 2.75) is 0 Å². The number of benzene rings is 2. The Morgan fingerprint density at radius 1 is 0.722 bits per heavy atom. The molecule has 3 heteroatoms. The molecule has 0 atom stereocenters. The van der Waals surface area contributed by atoms with Gasteiger partial charge in [-0.1, -0.05) is 60.7 Å². The lowest BCUT2D eigenvalue weighted by atomic mass is 9.98. The summed E-state index contributed by atoms with van der Waals surface area (Å²) in [4.78, 5) is 12.5. The van der Waals surface area contributed by atoms with Crippen LogP contribution in [0.25, 0.3) is 5.57 Å². The van der Waals surface area contributed by atoms with Gasteiger partial charge in [-0.3, -0.25) is 4.79 Å². The summed E-state index contributed by atoms with van der Waals surface area (Å²) < 4.78 is 0.977. The molecule has 0 unspecified atom stereocenters. The van der Waals surface area contributed by atoms with E-state index in [2.05, 4.69) is 45.2 Å². The topological polar surface area (TPSA) is 17.1 Å². The average Bonchev–Trinajstić information content (AvgIpc) is 2.40. The van der Waals surface area contributed by atoms with E-state index in [-0.39, 0.29) is 5.78 Å². The van der Waals surface area contributed by atoms with Crippen LogP contribution >= 0.6 is 45.2 Å². The summed E-state index contributed by atoms with van der Waals surface area (Å²) in [5.41, 5.74) is 2.45. The summed E-state index contributed by atoms with van der Waals surface area (Å²) in [7, 11) is 0. The Balaban J connectivity index is 2.47. The first-order valence-electron chi connectivity index (χ1n) is 5.40. The van der Waals surface area contributed by atoms with Crippen molar-refractivity contribution in [2.24, 2.45) is 0 Å². The first-order chi connectivity index (χ1) is 8.70. The van der Waals surface area contributed by atoms with Crippen LogP contribution in [0.3, 0.4) is 0 Å². The third-order valence-electron chi connectivity index (χ3n) is 2.51. The Morgan fingerprint density at radius 3 is 1.61 bits per heavy atom. The maximum Gasteiger partial charge on any atom is 0.195 e. The normalized spacial score (nSPS) is 9.89. The molecule has 2 aromatic carbocycles. The van der Waals surface area contributed by atoms with Crippen LogP contribution in [0.5, 0.6) is 0 Å². The lowest BCUT2D eigenvalue weighted by Gasteiger charge is -2.07. The van der Waals surface area contributed by atoms with Crippen LogP contribution in [0.15, 0.2) is 62.3 Å². The molecule has 0 heterocycles. The molecule has 0 amide bonds. The third kappa shape index (κ3) is 3.20. The minimum Gasteiger partial charge on any atom is -0.289 e. The van der Waals surface area contributed by atoms with Crippen LogP contribution < -0.4 is 0 Å². The van der Waals surface area contributed by atoms with E-state index in [9.17, 15) is 4.79 Å². The number of Topliss-reactive ketones (excluding diaryl/α,β-unsaturated/α-hetero) is 1. The Morgan fingerprint density at radius 2 is 1.17 bits per heavy atom. The van der Waals surface area contributed by atoms with Crippen molar-refractivity contribution in [1.29, 1.82) is 0 Å². The Hall–Kier alpha value is -0.690. The largest absolute Gasteiger partial charge is 0.289 e. The average molecular weight is 460 g/mol. The molecular formula is C15H10I2O. The third-order valence-corrected chi connectivity index (χ3v) is 3.59. The second kappa shape index (κ2) is 6.47. The van der Waals surface area contributed by atoms with E-state index in [1.54, 1.807) is 0 Å². The van der Waals surface area contributed by atoms with Crippen LogP contribution in [0, 0.1) is 0 Å². The summed E-state index contributed by atoms with van der Waals surface area (Å²) in [5, 5.41) is 0. The van der Waals surface area contributed by atoms with Gasteiger partial charge < -0.3 is 0 Å². The van der Waals surface area contributed by atoms with Crippen molar-refractivity contribution < 1.29 is 4.79 Å². The van der Waals surface area contributed by atoms with Gasteiger partial charge in [-0.15, -0.1) is 0 Å². The summed E-state index contributed by atoms with van der Waals surface area (Å²) in [6.45, 7) is 0. The van der Waals surface area contributed by atoms with Gasteiger partial charge in [-0.2, -0.15) is 0 Å². The number of rotatable bonds is 3. The molecule has 0 saturated heterocycles. The van der Waals surface area contributed by atoms with E-state index in [4.69, 9.17) is 0 Å². The van der Waals surface area contributed by atoms with Crippen LogP contribution in [-0.4, -0.2) is 5.78 Å². The second-order valence-electron chi connectivity index (χ2n) is 3.70. The van der Waals surface area contributed by atoms with Crippen LogP contribution in [-0.2, 0) is 0 Å². The molecule has 0 spiro atoms. The maximum absolute atomic E-state index is 12.5. The zero-order valence-corrected chi connectivity index (χ0v) is 13.8.